The average molecular weight is 282 g/mol. The molecule has 0 unspecified atom stereocenters. The predicted molar refractivity (Wildman–Crippen MR) is 74.0 cm³/mol. The maximum atomic E-state index is 12.0. The zero-order chi connectivity index (χ0) is 13.8. The highest BCUT2D eigenvalue weighted by Gasteiger charge is 2.25. The van der Waals surface area contributed by atoms with Crippen molar-refractivity contribution in [1.82, 2.24) is 4.90 Å². The lowest BCUT2D eigenvalue weighted by atomic mass is 9.96. The van der Waals surface area contributed by atoms with Crippen molar-refractivity contribution in [2.75, 3.05) is 18.4 Å². The fourth-order valence-electron chi connectivity index (χ4n) is 2.14. The zero-order valence-corrected chi connectivity index (χ0v) is 11.2. The van der Waals surface area contributed by atoms with Gasteiger partial charge in [-0.25, -0.2) is 4.79 Å². The highest BCUT2D eigenvalue weighted by atomic mass is 35.5. The summed E-state index contributed by atoms with van der Waals surface area (Å²) in [5.74, 6) is -0.398. The molecule has 5 nitrogen and oxygen atoms in total. The second kappa shape index (κ2) is 5.93. The molecule has 1 fully saturated rings. The Morgan fingerprint density at radius 2 is 2.00 bits per heavy atom. The number of likely N-dealkylation sites (tertiary alicyclic amines) is 1. The lowest BCUT2D eigenvalue weighted by Gasteiger charge is -2.30. The zero-order valence-electron chi connectivity index (χ0n) is 10.4. The Morgan fingerprint density at radius 1 is 1.32 bits per heavy atom. The second-order valence-electron chi connectivity index (χ2n) is 4.60. The lowest BCUT2D eigenvalue weighted by molar-refractivity contribution is -0.122. The van der Waals surface area contributed by atoms with Gasteiger partial charge in [0.15, 0.2) is 0 Å². The van der Waals surface area contributed by atoms with E-state index in [4.69, 9.17) is 17.3 Å². The number of nitrogens with two attached hydrogens (primary N) is 1. The highest BCUT2D eigenvalue weighted by molar-refractivity contribution is 6.30. The fraction of sp³-hybridized carbons (Fsp3) is 0.385. The van der Waals surface area contributed by atoms with Crippen molar-refractivity contribution in [3.63, 3.8) is 0 Å². The number of hydrogen-bond donors (Lipinski definition) is 2. The van der Waals surface area contributed by atoms with Crippen LogP contribution in [-0.2, 0) is 4.79 Å². The van der Waals surface area contributed by atoms with E-state index in [1.54, 1.807) is 29.2 Å². The van der Waals surface area contributed by atoms with E-state index < -0.39 is 0 Å². The van der Waals surface area contributed by atoms with Gasteiger partial charge in [0.2, 0.25) is 5.91 Å². The Kier molecular flexibility index (Phi) is 4.27. The molecule has 0 saturated carbocycles. The van der Waals surface area contributed by atoms with Crippen LogP contribution in [0.2, 0.25) is 5.02 Å². The summed E-state index contributed by atoms with van der Waals surface area (Å²) in [6, 6.07) is 6.81. The molecule has 3 N–H and O–H groups in total. The first-order chi connectivity index (χ1) is 9.06. The van der Waals surface area contributed by atoms with Gasteiger partial charge in [0.05, 0.1) is 0 Å². The van der Waals surface area contributed by atoms with E-state index in [-0.39, 0.29) is 17.9 Å². The number of hydrogen-bond acceptors (Lipinski definition) is 2. The van der Waals surface area contributed by atoms with Crippen LogP contribution in [0.4, 0.5) is 10.5 Å². The lowest BCUT2D eigenvalue weighted by Crippen LogP contribution is -2.43. The number of nitrogens with one attached hydrogen (secondary N) is 1. The summed E-state index contributed by atoms with van der Waals surface area (Å²) in [6.45, 7) is 1.08. The number of carbonyl (C=O) groups excluding carboxylic acids is 2. The number of benzene rings is 1. The average Bonchev–Trinajstić information content (AvgIpc) is 2.39. The van der Waals surface area contributed by atoms with Crippen molar-refractivity contribution in [2.24, 2.45) is 11.7 Å². The van der Waals surface area contributed by atoms with Gasteiger partial charge in [0, 0.05) is 29.7 Å². The Hall–Kier alpha value is -1.75. The Labute approximate surface area is 116 Å². The van der Waals surface area contributed by atoms with E-state index in [2.05, 4.69) is 5.32 Å². The minimum absolute atomic E-state index is 0.116. The standard InChI is InChI=1S/C13H16ClN3O2/c14-10-2-1-3-11(8-10)16-13(19)17-6-4-9(5-7-17)12(15)18/h1-3,8-9H,4-7H2,(H2,15,18)(H,16,19). The van der Waals surface area contributed by atoms with Crippen molar-refractivity contribution in [1.29, 1.82) is 0 Å². The van der Waals surface area contributed by atoms with Crippen LogP contribution in [0, 0.1) is 5.92 Å². The molecule has 1 aromatic carbocycles. The molecule has 1 aliphatic heterocycles. The Balaban J connectivity index is 1.90. The van der Waals surface area contributed by atoms with E-state index in [1.165, 1.54) is 0 Å². The third-order valence-electron chi connectivity index (χ3n) is 3.26. The summed E-state index contributed by atoms with van der Waals surface area (Å²) in [4.78, 5) is 24.7. The van der Waals surface area contributed by atoms with Gasteiger partial charge in [-0.2, -0.15) is 0 Å². The molecule has 0 aromatic heterocycles. The first-order valence-electron chi connectivity index (χ1n) is 6.17. The van der Waals surface area contributed by atoms with Gasteiger partial charge in [0.1, 0.15) is 0 Å². The molecule has 0 spiro atoms. The van der Waals surface area contributed by atoms with E-state index in [9.17, 15) is 9.59 Å². The van der Waals surface area contributed by atoms with Crippen molar-refractivity contribution in [3.8, 4) is 0 Å². The SMILES string of the molecule is NC(=O)C1CCN(C(=O)Nc2cccc(Cl)c2)CC1. The van der Waals surface area contributed by atoms with Gasteiger partial charge in [-0.1, -0.05) is 17.7 Å². The minimum atomic E-state index is -0.283. The molecular formula is C13H16ClN3O2. The summed E-state index contributed by atoms with van der Waals surface area (Å²) >= 11 is 5.85. The summed E-state index contributed by atoms with van der Waals surface area (Å²) in [6.07, 6.45) is 1.25. The maximum absolute atomic E-state index is 12.0. The van der Waals surface area contributed by atoms with Crippen LogP contribution in [0.15, 0.2) is 24.3 Å². The predicted octanol–water partition coefficient (Wildman–Crippen LogP) is 2.07. The quantitative estimate of drug-likeness (QED) is 0.871. The molecule has 0 aliphatic carbocycles. The van der Waals surface area contributed by atoms with Crippen molar-refractivity contribution >= 4 is 29.2 Å². The van der Waals surface area contributed by atoms with Crippen LogP contribution in [0.25, 0.3) is 0 Å². The number of rotatable bonds is 2. The number of urea groups is 1. The van der Waals surface area contributed by atoms with Crippen molar-refractivity contribution < 1.29 is 9.59 Å². The van der Waals surface area contributed by atoms with Crippen molar-refractivity contribution in [3.05, 3.63) is 29.3 Å². The number of piperidine rings is 1. The number of amides is 3. The smallest absolute Gasteiger partial charge is 0.321 e. The van der Waals surface area contributed by atoms with Gasteiger partial charge < -0.3 is 16.0 Å². The summed E-state index contributed by atoms with van der Waals surface area (Å²) < 4.78 is 0. The third-order valence-corrected chi connectivity index (χ3v) is 3.50. The Morgan fingerprint density at radius 3 is 2.58 bits per heavy atom. The number of halogens is 1. The van der Waals surface area contributed by atoms with Crippen LogP contribution in [0.5, 0.6) is 0 Å². The molecule has 102 valence electrons. The van der Waals surface area contributed by atoms with Gasteiger partial charge in [-0.05, 0) is 31.0 Å². The van der Waals surface area contributed by atoms with Gasteiger partial charge in [0.25, 0.3) is 0 Å². The number of anilines is 1. The monoisotopic (exact) mass is 281 g/mol. The molecular weight excluding hydrogens is 266 g/mol. The molecule has 1 heterocycles. The first-order valence-corrected chi connectivity index (χ1v) is 6.55. The second-order valence-corrected chi connectivity index (χ2v) is 5.04. The van der Waals surface area contributed by atoms with E-state index in [0.717, 1.165) is 0 Å². The van der Waals surface area contributed by atoms with Crippen LogP contribution in [0.3, 0.4) is 0 Å². The summed E-state index contributed by atoms with van der Waals surface area (Å²) in [5.41, 5.74) is 5.92. The Bertz CT molecular complexity index is 485. The maximum Gasteiger partial charge on any atom is 0.321 e. The molecule has 0 atom stereocenters. The molecule has 1 aliphatic rings. The van der Waals surface area contributed by atoms with E-state index in [1.807, 2.05) is 0 Å². The van der Waals surface area contributed by atoms with E-state index >= 15 is 0 Å². The van der Waals surface area contributed by atoms with Crippen LogP contribution < -0.4 is 11.1 Å². The fourth-order valence-corrected chi connectivity index (χ4v) is 2.33. The van der Waals surface area contributed by atoms with Crippen LogP contribution in [-0.4, -0.2) is 29.9 Å². The minimum Gasteiger partial charge on any atom is -0.369 e. The third kappa shape index (κ3) is 3.61. The molecule has 3 amide bonds. The van der Waals surface area contributed by atoms with Crippen molar-refractivity contribution in [2.45, 2.75) is 12.8 Å². The van der Waals surface area contributed by atoms with Crippen LogP contribution >= 0.6 is 11.6 Å². The molecule has 2 rings (SSSR count). The summed E-state index contributed by atoms with van der Waals surface area (Å²) in [7, 11) is 0. The highest BCUT2D eigenvalue weighted by Crippen LogP contribution is 2.19. The largest absolute Gasteiger partial charge is 0.369 e. The summed E-state index contributed by atoms with van der Waals surface area (Å²) in [5, 5.41) is 3.36. The molecule has 1 saturated heterocycles. The van der Waals surface area contributed by atoms with Gasteiger partial charge in [-0.3, -0.25) is 4.79 Å². The molecule has 0 bridgehead atoms. The molecule has 6 heteroatoms. The normalized spacial score (nSPS) is 16.2. The topological polar surface area (TPSA) is 75.4 Å². The van der Waals surface area contributed by atoms with Gasteiger partial charge >= 0.3 is 6.03 Å². The molecule has 1 aromatic rings. The van der Waals surface area contributed by atoms with E-state index in [0.29, 0.717) is 36.6 Å². The van der Waals surface area contributed by atoms with Gasteiger partial charge in [-0.15, -0.1) is 0 Å². The first kappa shape index (κ1) is 13.7. The molecule has 0 radical (unpaired) electrons. The number of carbonyl (C=O) groups is 2. The molecule has 19 heavy (non-hydrogen) atoms. The number of primary amides is 1. The number of nitrogens with zero attached hydrogens (tertiary/aromatic N) is 1. The van der Waals surface area contributed by atoms with Crippen LogP contribution in [0.1, 0.15) is 12.8 Å².